The van der Waals surface area contributed by atoms with E-state index in [9.17, 15) is 13.6 Å². The van der Waals surface area contributed by atoms with E-state index in [1.165, 1.54) is 35.1 Å². The summed E-state index contributed by atoms with van der Waals surface area (Å²) in [5.41, 5.74) is 0.288. The molecular formula is C18H14ClF2N3O3. The molecule has 27 heavy (non-hydrogen) atoms. The number of rotatable bonds is 7. The van der Waals surface area contributed by atoms with Crippen LogP contribution in [0.25, 0.3) is 0 Å². The summed E-state index contributed by atoms with van der Waals surface area (Å²) in [4.78, 5) is 12.5. The summed E-state index contributed by atoms with van der Waals surface area (Å²) in [6.07, 6.45) is 1.42. The summed E-state index contributed by atoms with van der Waals surface area (Å²) in [6.45, 7) is -3.06. The number of carbonyl (C=O) groups excluding carboxylic acids is 1. The molecule has 3 rings (SSSR count). The predicted molar refractivity (Wildman–Crippen MR) is 95.3 cm³/mol. The van der Waals surface area contributed by atoms with E-state index in [1.807, 2.05) is 0 Å². The van der Waals surface area contributed by atoms with Crippen LogP contribution in [0.5, 0.6) is 11.5 Å². The molecule has 9 heteroatoms. The summed E-state index contributed by atoms with van der Waals surface area (Å²) in [5, 5.41) is 6.98. The number of hydrogen-bond acceptors (Lipinski definition) is 4. The minimum absolute atomic E-state index is 0.0608. The third-order valence-electron chi connectivity index (χ3n) is 3.48. The van der Waals surface area contributed by atoms with E-state index in [4.69, 9.17) is 16.3 Å². The molecule has 140 valence electrons. The zero-order valence-electron chi connectivity index (χ0n) is 13.8. The molecule has 1 N–H and O–H groups in total. The molecule has 3 aromatic rings. The van der Waals surface area contributed by atoms with Crippen molar-refractivity contribution in [2.45, 2.75) is 13.3 Å². The number of nitrogens with zero attached hydrogens (tertiary/aromatic N) is 2. The maximum atomic E-state index is 12.5. The second kappa shape index (κ2) is 8.50. The Kier molecular flexibility index (Phi) is 5.87. The van der Waals surface area contributed by atoms with Crippen LogP contribution in [0, 0.1) is 0 Å². The predicted octanol–water partition coefficient (Wildman–Crippen LogP) is 4.43. The van der Waals surface area contributed by atoms with Crippen molar-refractivity contribution < 1.29 is 23.0 Å². The Morgan fingerprint density at radius 1 is 1.11 bits per heavy atom. The summed E-state index contributed by atoms with van der Waals surface area (Å²) < 4.78 is 36.3. The molecule has 6 nitrogen and oxygen atoms in total. The average molecular weight is 394 g/mol. The van der Waals surface area contributed by atoms with Crippen LogP contribution >= 0.6 is 11.6 Å². The number of hydrogen-bond donors (Lipinski definition) is 1. The summed E-state index contributed by atoms with van der Waals surface area (Å²) in [5.74, 6) is -0.253. The van der Waals surface area contributed by atoms with Gasteiger partial charge in [0.1, 0.15) is 17.2 Å². The standard InChI is InChI=1S/C18H14ClF2N3O3/c19-12-5-1-3-7-15(12)26-11-24-14(9-10-22-24)17(25)23-13-6-2-4-8-16(13)27-18(20)21/h1-10,18H,11H2,(H,23,25). The minimum Gasteiger partial charge on any atom is -0.470 e. The van der Waals surface area contributed by atoms with Crippen LogP contribution in [0.4, 0.5) is 14.5 Å². The molecule has 0 saturated heterocycles. The molecule has 0 spiro atoms. The molecule has 1 amide bonds. The molecule has 0 fully saturated rings. The van der Waals surface area contributed by atoms with Gasteiger partial charge in [-0.2, -0.15) is 13.9 Å². The Hall–Kier alpha value is -3.13. The highest BCUT2D eigenvalue weighted by molar-refractivity contribution is 6.32. The molecule has 0 aliphatic carbocycles. The van der Waals surface area contributed by atoms with E-state index in [1.54, 1.807) is 30.3 Å². The Balaban J connectivity index is 1.72. The summed E-state index contributed by atoms with van der Waals surface area (Å²) >= 11 is 6.02. The van der Waals surface area contributed by atoms with E-state index in [-0.39, 0.29) is 23.9 Å². The third kappa shape index (κ3) is 4.73. The summed E-state index contributed by atoms with van der Waals surface area (Å²) in [7, 11) is 0. The van der Waals surface area contributed by atoms with E-state index in [2.05, 4.69) is 15.2 Å². The topological polar surface area (TPSA) is 65.4 Å². The molecule has 0 unspecified atom stereocenters. The monoisotopic (exact) mass is 393 g/mol. The van der Waals surface area contributed by atoms with Crippen LogP contribution in [-0.2, 0) is 6.73 Å². The Morgan fingerprint density at radius 3 is 2.56 bits per heavy atom. The van der Waals surface area contributed by atoms with Crippen molar-refractivity contribution in [1.82, 2.24) is 9.78 Å². The molecule has 1 aromatic heterocycles. The first-order valence-electron chi connectivity index (χ1n) is 7.79. The first-order chi connectivity index (χ1) is 13.0. The number of carbonyl (C=O) groups is 1. The molecule has 0 atom stereocenters. The van der Waals surface area contributed by atoms with Crippen LogP contribution in [0.1, 0.15) is 10.5 Å². The lowest BCUT2D eigenvalue weighted by Crippen LogP contribution is -2.20. The number of anilines is 1. The minimum atomic E-state index is -3.00. The largest absolute Gasteiger partial charge is 0.470 e. The summed E-state index contributed by atoms with van der Waals surface area (Å²) in [6, 6.07) is 14.3. The molecule has 1 heterocycles. The number of benzene rings is 2. The van der Waals surface area contributed by atoms with Gasteiger partial charge in [-0.3, -0.25) is 4.79 Å². The van der Waals surface area contributed by atoms with Gasteiger partial charge < -0.3 is 14.8 Å². The van der Waals surface area contributed by atoms with Gasteiger partial charge in [0.25, 0.3) is 5.91 Å². The molecular weight excluding hydrogens is 380 g/mol. The molecule has 0 radical (unpaired) electrons. The van der Waals surface area contributed by atoms with Gasteiger partial charge in [0.05, 0.1) is 10.7 Å². The van der Waals surface area contributed by atoms with E-state index in [0.717, 1.165) is 0 Å². The number of halogens is 3. The van der Waals surface area contributed by atoms with Crippen LogP contribution < -0.4 is 14.8 Å². The second-order valence-electron chi connectivity index (χ2n) is 5.25. The molecule has 0 bridgehead atoms. The molecule has 0 aliphatic rings. The van der Waals surface area contributed by atoms with Crippen molar-refractivity contribution in [3.63, 3.8) is 0 Å². The van der Waals surface area contributed by atoms with Crippen molar-refractivity contribution >= 4 is 23.2 Å². The Morgan fingerprint density at radius 2 is 1.81 bits per heavy atom. The smallest absolute Gasteiger partial charge is 0.387 e. The van der Waals surface area contributed by atoms with Crippen molar-refractivity contribution in [3.05, 3.63) is 71.5 Å². The van der Waals surface area contributed by atoms with Crippen molar-refractivity contribution in [2.75, 3.05) is 5.32 Å². The lowest BCUT2D eigenvalue weighted by Gasteiger charge is -2.13. The van der Waals surface area contributed by atoms with Crippen LogP contribution in [-0.4, -0.2) is 22.3 Å². The number of ether oxygens (including phenoxy) is 2. The Labute approximate surface area is 158 Å². The van der Waals surface area contributed by atoms with E-state index in [0.29, 0.717) is 10.8 Å². The maximum absolute atomic E-state index is 12.5. The lowest BCUT2D eigenvalue weighted by atomic mass is 10.3. The molecule has 0 aliphatic heterocycles. The van der Waals surface area contributed by atoms with Gasteiger partial charge in [0.2, 0.25) is 0 Å². The SMILES string of the molecule is O=C(Nc1ccccc1OC(F)F)c1ccnn1COc1ccccc1Cl. The van der Waals surface area contributed by atoms with Crippen LogP contribution in [0.2, 0.25) is 5.02 Å². The number of aromatic nitrogens is 2. The van der Waals surface area contributed by atoms with Crippen LogP contribution in [0.3, 0.4) is 0 Å². The van der Waals surface area contributed by atoms with Gasteiger partial charge in [0, 0.05) is 6.20 Å². The van der Waals surface area contributed by atoms with Crippen molar-refractivity contribution in [2.24, 2.45) is 0 Å². The van der Waals surface area contributed by atoms with Gasteiger partial charge in [-0.1, -0.05) is 35.9 Å². The number of nitrogens with one attached hydrogen (secondary N) is 1. The van der Waals surface area contributed by atoms with Crippen LogP contribution in [0.15, 0.2) is 60.8 Å². The highest BCUT2D eigenvalue weighted by Crippen LogP contribution is 2.26. The highest BCUT2D eigenvalue weighted by Gasteiger charge is 2.16. The van der Waals surface area contributed by atoms with Gasteiger partial charge in [-0.15, -0.1) is 0 Å². The number of amides is 1. The fourth-order valence-electron chi connectivity index (χ4n) is 2.28. The van der Waals surface area contributed by atoms with Crippen molar-refractivity contribution in [3.8, 4) is 11.5 Å². The molecule has 0 saturated carbocycles. The van der Waals surface area contributed by atoms with Gasteiger partial charge in [0.15, 0.2) is 6.73 Å². The quantitative estimate of drug-likeness (QED) is 0.645. The molecule has 2 aromatic carbocycles. The van der Waals surface area contributed by atoms with Gasteiger partial charge >= 0.3 is 6.61 Å². The highest BCUT2D eigenvalue weighted by atomic mass is 35.5. The van der Waals surface area contributed by atoms with E-state index >= 15 is 0 Å². The fraction of sp³-hybridized carbons (Fsp3) is 0.111. The zero-order chi connectivity index (χ0) is 19.2. The van der Waals surface area contributed by atoms with E-state index < -0.39 is 12.5 Å². The zero-order valence-corrected chi connectivity index (χ0v) is 14.6. The second-order valence-corrected chi connectivity index (χ2v) is 5.66. The van der Waals surface area contributed by atoms with Gasteiger partial charge in [-0.05, 0) is 30.3 Å². The fourth-order valence-corrected chi connectivity index (χ4v) is 2.47. The maximum Gasteiger partial charge on any atom is 0.387 e. The average Bonchev–Trinajstić information content (AvgIpc) is 3.11. The normalized spacial score (nSPS) is 10.7. The first kappa shape index (κ1) is 18.7. The first-order valence-corrected chi connectivity index (χ1v) is 8.16. The van der Waals surface area contributed by atoms with Gasteiger partial charge in [-0.25, -0.2) is 4.68 Å². The lowest BCUT2D eigenvalue weighted by molar-refractivity contribution is -0.0493. The van der Waals surface area contributed by atoms with Crippen molar-refractivity contribution in [1.29, 1.82) is 0 Å². The number of alkyl halides is 2. The Bertz CT molecular complexity index is 933. The number of para-hydroxylation sites is 3. The third-order valence-corrected chi connectivity index (χ3v) is 3.79.